The van der Waals surface area contributed by atoms with Crippen LogP contribution < -0.4 is 5.32 Å². The van der Waals surface area contributed by atoms with Crippen LogP contribution in [0.4, 0.5) is 26.3 Å². The molecule has 0 aromatic carbocycles. The van der Waals surface area contributed by atoms with Gasteiger partial charge in [-0.25, -0.2) is 0 Å². The van der Waals surface area contributed by atoms with E-state index < -0.39 is 37.3 Å². The predicted molar refractivity (Wildman–Crippen MR) is 32.1 cm³/mol. The third kappa shape index (κ3) is 2.49. The van der Waals surface area contributed by atoms with E-state index in [-0.39, 0.29) is 0 Å². The fourth-order valence-corrected chi connectivity index (χ4v) is 1.26. The standard InChI is InChI=1S/C6H7F6N/c7-5(8,9)3-1-2-4(13-3)6(10,11)12/h3-4,13H,1-2H2/t3-,4-/m1/s1. The van der Waals surface area contributed by atoms with Gasteiger partial charge < -0.3 is 0 Å². The first-order valence-electron chi connectivity index (χ1n) is 3.61. The molecule has 1 saturated heterocycles. The molecule has 0 aromatic heterocycles. The molecule has 0 radical (unpaired) electrons. The van der Waals surface area contributed by atoms with Crippen molar-refractivity contribution in [2.45, 2.75) is 37.3 Å². The molecule has 7 heteroatoms. The van der Waals surface area contributed by atoms with Crippen LogP contribution in [0.15, 0.2) is 0 Å². The highest BCUT2D eigenvalue weighted by Gasteiger charge is 2.51. The monoisotopic (exact) mass is 207 g/mol. The Labute approximate surface area is 70.1 Å². The zero-order chi connectivity index (χ0) is 10.3. The second kappa shape index (κ2) is 3.04. The van der Waals surface area contributed by atoms with Gasteiger partial charge in [-0.15, -0.1) is 0 Å². The SMILES string of the molecule is FC(F)(F)[C@H]1CC[C@H](C(F)(F)F)N1. The molecule has 0 spiro atoms. The highest BCUT2D eigenvalue weighted by atomic mass is 19.4. The summed E-state index contributed by atoms with van der Waals surface area (Å²) in [6.45, 7) is 0. The van der Waals surface area contributed by atoms with Gasteiger partial charge in [-0.1, -0.05) is 0 Å². The highest BCUT2D eigenvalue weighted by Crippen LogP contribution is 2.34. The maximum atomic E-state index is 11.9. The Kier molecular flexibility index (Phi) is 2.48. The largest absolute Gasteiger partial charge is 0.403 e. The summed E-state index contributed by atoms with van der Waals surface area (Å²) in [6, 6.07) is -4.03. The van der Waals surface area contributed by atoms with Crippen LogP contribution in [0.25, 0.3) is 0 Å². The van der Waals surface area contributed by atoms with Gasteiger partial charge in [0.2, 0.25) is 0 Å². The molecule has 0 amide bonds. The van der Waals surface area contributed by atoms with Crippen LogP contribution >= 0.6 is 0 Å². The first-order chi connectivity index (χ1) is 5.71. The van der Waals surface area contributed by atoms with E-state index in [1.807, 2.05) is 0 Å². The molecule has 78 valence electrons. The Balaban J connectivity index is 2.55. The zero-order valence-electron chi connectivity index (χ0n) is 6.34. The van der Waals surface area contributed by atoms with E-state index >= 15 is 0 Å². The fraction of sp³-hybridized carbons (Fsp3) is 1.00. The predicted octanol–water partition coefficient (Wildman–Crippen LogP) is 2.23. The van der Waals surface area contributed by atoms with E-state index in [2.05, 4.69) is 0 Å². The molecule has 2 atom stereocenters. The van der Waals surface area contributed by atoms with Crippen molar-refractivity contribution < 1.29 is 26.3 Å². The van der Waals surface area contributed by atoms with Crippen molar-refractivity contribution in [3.05, 3.63) is 0 Å². The lowest BCUT2D eigenvalue weighted by Crippen LogP contribution is -2.45. The van der Waals surface area contributed by atoms with Gasteiger partial charge in [0.05, 0.1) is 0 Å². The van der Waals surface area contributed by atoms with Gasteiger partial charge in [0.15, 0.2) is 0 Å². The maximum absolute atomic E-state index is 11.9. The van der Waals surface area contributed by atoms with Crippen LogP contribution in [0.3, 0.4) is 0 Å². The number of hydrogen-bond donors (Lipinski definition) is 1. The van der Waals surface area contributed by atoms with Gasteiger partial charge in [0, 0.05) is 0 Å². The molecule has 0 aromatic rings. The van der Waals surface area contributed by atoms with Crippen molar-refractivity contribution in [2.24, 2.45) is 0 Å². The van der Waals surface area contributed by atoms with Gasteiger partial charge >= 0.3 is 12.4 Å². The first kappa shape index (κ1) is 10.6. The second-order valence-electron chi connectivity index (χ2n) is 2.93. The zero-order valence-corrected chi connectivity index (χ0v) is 6.34. The molecule has 0 aliphatic carbocycles. The summed E-state index contributed by atoms with van der Waals surface area (Å²) in [6.07, 6.45) is -10.2. The number of nitrogens with one attached hydrogen (secondary N) is 1. The van der Waals surface area contributed by atoms with Crippen LogP contribution in [0.5, 0.6) is 0 Å². The third-order valence-corrected chi connectivity index (χ3v) is 1.94. The summed E-state index contributed by atoms with van der Waals surface area (Å²) >= 11 is 0. The van der Waals surface area contributed by atoms with Crippen molar-refractivity contribution in [2.75, 3.05) is 0 Å². The molecule has 0 unspecified atom stereocenters. The summed E-state index contributed by atoms with van der Waals surface area (Å²) in [5.41, 5.74) is 0. The molecule has 1 fully saturated rings. The molecule has 13 heavy (non-hydrogen) atoms. The molecule has 1 aliphatic rings. The summed E-state index contributed by atoms with van der Waals surface area (Å²) in [5.74, 6) is 0. The minimum atomic E-state index is -4.58. The number of halogens is 6. The summed E-state index contributed by atoms with van der Waals surface area (Å²) in [5, 5.41) is 1.52. The van der Waals surface area contributed by atoms with Crippen molar-refractivity contribution in [3.8, 4) is 0 Å². The van der Waals surface area contributed by atoms with Gasteiger partial charge in [0.25, 0.3) is 0 Å². The van der Waals surface area contributed by atoms with E-state index in [9.17, 15) is 26.3 Å². The Hall–Kier alpha value is -0.460. The first-order valence-corrected chi connectivity index (χ1v) is 3.61. The lowest BCUT2D eigenvalue weighted by molar-refractivity contribution is -0.171. The van der Waals surface area contributed by atoms with Crippen LogP contribution in [0.2, 0.25) is 0 Å². The quantitative estimate of drug-likeness (QED) is 0.600. The topological polar surface area (TPSA) is 12.0 Å². The molecule has 1 heterocycles. The molecular weight excluding hydrogens is 200 g/mol. The average molecular weight is 207 g/mol. The van der Waals surface area contributed by atoms with Crippen molar-refractivity contribution >= 4 is 0 Å². The Morgan fingerprint density at radius 3 is 1.23 bits per heavy atom. The summed E-state index contributed by atoms with van der Waals surface area (Å²) in [7, 11) is 0. The lowest BCUT2D eigenvalue weighted by Gasteiger charge is -2.18. The van der Waals surface area contributed by atoms with Crippen molar-refractivity contribution in [1.82, 2.24) is 5.32 Å². The molecule has 1 N–H and O–H groups in total. The van der Waals surface area contributed by atoms with Crippen molar-refractivity contribution in [3.63, 3.8) is 0 Å². The van der Waals surface area contributed by atoms with Gasteiger partial charge in [-0.05, 0) is 12.8 Å². The fourth-order valence-electron chi connectivity index (χ4n) is 1.26. The van der Waals surface area contributed by atoms with E-state index in [4.69, 9.17) is 0 Å². The smallest absolute Gasteiger partial charge is 0.295 e. The molecule has 1 nitrogen and oxygen atoms in total. The second-order valence-corrected chi connectivity index (χ2v) is 2.93. The normalized spacial score (nSPS) is 30.9. The number of hydrogen-bond acceptors (Lipinski definition) is 1. The van der Waals surface area contributed by atoms with Gasteiger partial charge in [0.1, 0.15) is 12.1 Å². The summed E-state index contributed by atoms with van der Waals surface area (Å²) < 4.78 is 71.4. The van der Waals surface area contributed by atoms with E-state index in [1.165, 1.54) is 5.32 Å². The van der Waals surface area contributed by atoms with E-state index in [0.717, 1.165) is 0 Å². The third-order valence-electron chi connectivity index (χ3n) is 1.94. The lowest BCUT2D eigenvalue weighted by atomic mass is 10.2. The Bertz CT molecular complexity index is 163. The Morgan fingerprint density at radius 2 is 1.08 bits per heavy atom. The van der Waals surface area contributed by atoms with Gasteiger partial charge in [-0.2, -0.15) is 26.3 Å². The van der Waals surface area contributed by atoms with Crippen LogP contribution in [-0.4, -0.2) is 24.4 Å². The number of rotatable bonds is 0. The Morgan fingerprint density at radius 1 is 0.769 bits per heavy atom. The molecule has 1 rings (SSSR count). The van der Waals surface area contributed by atoms with Gasteiger partial charge in [-0.3, -0.25) is 5.32 Å². The van der Waals surface area contributed by atoms with Crippen LogP contribution in [-0.2, 0) is 0 Å². The van der Waals surface area contributed by atoms with Crippen molar-refractivity contribution in [1.29, 1.82) is 0 Å². The number of alkyl halides is 6. The minimum absolute atomic E-state index is 0.506. The molecule has 1 aliphatic heterocycles. The molecule has 0 bridgehead atoms. The molecule has 0 saturated carbocycles. The van der Waals surface area contributed by atoms with E-state index in [0.29, 0.717) is 0 Å². The van der Waals surface area contributed by atoms with Crippen LogP contribution in [0.1, 0.15) is 12.8 Å². The molecular formula is C6H7F6N. The average Bonchev–Trinajstić information content (AvgIpc) is 2.28. The summed E-state index contributed by atoms with van der Waals surface area (Å²) in [4.78, 5) is 0. The minimum Gasteiger partial charge on any atom is -0.295 e. The van der Waals surface area contributed by atoms with Crippen LogP contribution in [0, 0.1) is 0 Å². The van der Waals surface area contributed by atoms with E-state index in [1.54, 1.807) is 0 Å². The highest BCUT2D eigenvalue weighted by molar-refractivity contribution is 4.91. The maximum Gasteiger partial charge on any atom is 0.403 e.